The zero-order chi connectivity index (χ0) is 20.5. The number of carbonyl (C=O) groups is 1. The number of imidazole rings is 1. The third kappa shape index (κ3) is 4.00. The van der Waals surface area contributed by atoms with Crippen molar-refractivity contribution >= 4 is 11.9 Å². The molecule has 2 heterocycles. The van der Waals surface area contributed by atoms with Crippen molar-refractivity contribution < 1.29 is 19.0 Å². The molecule has 0 unspecified atom stereocenters. The lowest BCUT2D eigenvalue weighted by Crippen LogP contribution is -2.47. The van der Waals surface area contributed by atoms with Crippen LogP contribution in [0.1, 0.15) is 32.0 Å². The lowest BCUT2D eigenvalue weighted by molar-refractivity contribution is 0.0209. The smallest absolute Gasteiger partial charge is 0.429 e. The first-order valence-corrected chi connectivity index (χ1v) is 9.22. The number of amides is 1. The maximum Gasteiger partial charge on any atom is 0.429 e. The first-order chi connectivity index (χ1) is 13.2. The van der Waals surface area contributed by atoms with Crippen LogP contribution in [-0.2, 0) is 24.8 Å². The highest BCUT2D eigenvalue weighted by Gasteiger charge is 2.34. The van der Waals surface area contributed by atoms with Crippen LogP contribution in [-0.4, -0.2) is 47.0 Å². The molecule has 0 fully saturated rings. The van der Waals surface area contributed by atoms with Gasteiger partial charge >= 0.3 is 6.09 Å². The molecule has 2 aromatic rings. The highest BCUT2D eigenvalue weighted by atomic mass is 16.6. The summed E-state index contributed by atoms with van der Waals surface area (Å²) in [6.07, 6.45) is 2.15. The number of methoxy groups -OCH3 is 2. The molecular formula is C20H28N4O4. The van der Waals surface area contributed by atoms with E-state index in [1.165, 1.54) is 0 Å². The largest absolute Gasteiger partial charge is 0.497 e. The van der Waals surface area contributed by atoms with Gasteiger partial charge in [0.15, 0.2) is 5.82 Å². The average molecular weight is 388 g/mol. The summed E-state index contributed by atoms with van der Waals surface area (Å²) in [5, 5.41) is 3.47. The van der Waals surface area contributed by atoms with Gasteiger partial charge in [0, 0.05) is 31.6 Å². The van der Waals surface area contributed by atoms with Gasteiger partial charge in [-0.25, -0.2) is 14.8 Å². The summed E-state index contributed by atoms with van der Waals surface area (Å²) in [6, 6.07) is 5.55. The topological polar surface area (TPSA) is 69.1 Å². The second-order valence-corrected chi connectivity index (χ2v) is 7.71. The molecule has 0 spiro atoms. The Bertz CT molecular complexity index is 856. The Kier molecular flexibility index (Phi) is 5.40. The number of benzene rings is 1. The van der Waals surface area contributed by atoms with Gasteiger partial charge in [0.05, 0.1) is 32.8 Å². The second kappa shape index (κ2) is 7.61. The van der Waals surface area contributed by atoms with Crippen molar-refractivity contribution in [3.05, 3.63) is 35.8 Å². The van der Waals surface area contributed by atoms with E-state index in [1.54, 1.807) is 31.6 Å². The van der Waals surface area contributed by atoms with Crippen LogP contribution < -0.4 is 14.5 Å². The fourth-order valence-electron chi connectivity index (χ4n) is 3.21. The highest BCUT2D eigenvalue weighted by Crippen LogP contribution is 2.31. The Morgan fingerprint density at radius 3 is 2.64 bits per heavy atom. The normalized spacial score (nSPS) is 13.3. The van der Waals surface area contributed by atoms with Gasteiger partial charge in [-0.2, -0.15) is 0 Å². The third-order valence-electron chi connectivity index (χ3n) is 4.55. The molecule has 0 saturated carbocycles. The van der Waals surface area contributed by atoms with Crippen LogP contribution >= 0.6 is 0 Å². The van der Waals surface area contributed by atoms with Gasteiger partial charge < -0.3 is 18.8 Å². The molecule has 0 saturated heterocycles. The first-order valence-electron chi connectivity index (χ1n) is 9.22. The number of fused-ring (bicyclic) bond motifs is 1. The van der Waals surface area contributed by atoms with Crippen molar-refractivity contribution in [2.45, 2.75) is 39.3 Å². The van der Waals surface area contributed by atoms with Crippen molar-refractivity contribution in [1.29, 1.82) is 0 Å². The number of hydrogen-bond donors (Lipinski definition) is 0. The Balaban J connectivity index is 1.95. The standard InChI is InChI=1S/C20H28N4O4/c1-20(2,3)28-19(25)24(23-10-9-16-18(23)21-13-22(16)4)12-14-7-8-15(26-5)11-17(14)27-6/h7-8,11,13H,9-10,12H2,1-6H3. The molecule has 8 heteroatoms. The summed E-state index contributed by atoms with van der Waals surface area (Å²) in [4.78, 5) is 17.5. The number of aromatic nitrogens is 2. The van der Waals surface area contributed by atoms with E-state index in [-0.39, 0.29) is 6.54 Å². The Hall–Kier alpha value is -2.90. The van der Waals surface area contributed by atoms with Crippen LogP contribution in [0, 0.1) is 0 Å². The number of nitrogens with zero attached hydrogens (tertiary/aromatic N) is 4. The summed E-state index contributed by atoms with van der Waals surface area (Å²) >= 11 is 0. The summed E-state index contributed by atoms with van der Waals surface area (Å²) in [7, 11) is 5.16. The van der Waals surface area contributed by atoms with Crippen molar-refractivity contribution in [2.75, 3.05) is 25.8 Å². The van der Waals surface area contributed by atoms with Gasteiger partial charge in [-0.1, -0.05) is 0 Å². The third-order valence-corrected chi connectivity index (χ3v) is 4.55. The van der Waals surface area contributed by atoms with Crippen LogP contribution in [0.5, 0.6) is 11.5 Å². The van der Waals surface area contributed by atoms with Crippen molar-refractivity contribution in [3.63, 3.8) is 0 Å². The zero-order valence-corrected chi connectivity index (χ0v) is 17.4. The van der Waals surface area contributed by atoms with E-state index in [2.05, 4.69) is 4.98 Å². The Morgan fingerprint density at radius 2 is 2.00 bits per heavy atom. The van der Waals surface area contributed by atoms with E-state index in [1.807, 2.05) is 49.5 Å². The van der Waals surface area contributed by atoms with Crippen molar-refractivity contribution in [2.24, 2.45) is 7.05 Å². The number of rotatable bonds is 5. The van der Waals surface area contributed by atoms with Crippen LogP contribution in [0.4, 0.5) is 10.6 Å². The maximum atomic E-state index is 13.1. The van der Waals surface area contributed by atoms with Crippen LogP contribution in [0.3, 0.4) is 0 Å². The predicted molar refractivity (Wildman–Crippen MR) is 106 cm³/mol. The summed E-state index contributed by atoms with van der Waals surface area (Å²) < 4.78 is 18.4. The van der Waals surface area contributed by atoms with E-state index >= 15 is 0 Å². The number of carbonyl (C=O) groups excluding carboxylic acids is 1. The molecule has 1 aliphatic heterocycles. The molecular weight excluding hydrogens is 360 g/mol. The fourth-order valence-corrected chi connectivity index (χ4v) is 3.21. The van der Waals surface area contributed by atoms with Gasteiger partial charge in [0.1, 0.15) is 17.1 Å². The van der Waals surface area contributed by atoms with Gasteiger partial charge in [0.2, 0.25) is 0 Å². The SMILES string of the molecule is COc1ccc(CN(C(=O)OC(C)(C)C)N2CCc3c2ncn3C)c(OC)c1. The van der Waals surface area contributed by atoms with Gasteiger partial charge in [-0.05, 0) is 32.9 Å². The molecule has 1 aromatic heterocycles. The molecule has 152 valence electrons. The number of ether oxygens (including phenoxy) is 3. The van der Waals surface area contributed by atoms with Crippen LogP contribution in [0.25, 0.3) is 0 Å². The molecule has 1 aromatic carbocycles. The summed E-state index contributed by atoms with van der Waals surface area (Å²) in [5.74, 6) is 2.12. The van der Waals surface area contributed by atoms with E-state index in [0.29, 0.717) is 18.0 Å². The number of hydrazine groups is 1. The quantitative estimate of drug-likeness (QED) is 0.784. The van der Waals surface area contributed by atoms with Gasteiger partial charge in [0.25, 0.3) is 0 Å². The molecule has 0 N–H and O–H groups in total. The summed E-state index contributed by atoms with van der Waals surface area (Å²) in [6.45, 7) is 6.51. The van der Waals surface area contributed by atoms with Crippen LogP contribution in [0.15, 0.2) is 24.5 Å². The number of hydrogen-bond acceptors (Lipinski definition) is 6. The fraction of sp³-hybridized carbons (Fsp3) is 0.500. The molecule has 28 heavy (non-hydrogen) atoms. The minimum absolute atomic E-state index is 0.290. The van der Waals surface area contributed by atoms with Crippen molar-refractivity contribution in [1.82, 2.24) is 14.6 Å². The first kappa shape index (κ1) is 19.9. The van der Waals surface area contributed by atoms with E-state index in [9.17, 15) is 4.79 Å². The maximum absolute atomic E-state index is 13.1. The second-order valence-electron chi connectivity index (χ2n) is 7.71. The van der Waals surface area contributed by atoms with Crippen LogP contribution in [0.2, 0.25) is 0 Å². The Labute approximate surface area is 165 Å². The molecule has 3 rings (SSSR count). The molecule has 0 atom stereocenters. The lowest BCUT2D eigenvalue weighted by atomic mass is 10.2. The minimum Gasteiger partial charge on any atom is -0.497 e. The van der Waals surface area contributed by atoms with Gasteiger partial charge in [-0.3, -0.25) is 5.01 Å². The molecule has 1 aliphatic rings. The van der Waals surface area contributed by atoms with Crippen molar-refractivity contribution in [3.8, 4) is 11.5 Å². The van der Waals surface area contributed by atoms with Gasteiger partial charge in [-0.15, -0.1) is 0 Å². The monoisotopic (exact) mass is 388 g/mol. The highest BCUT2D eigenvalue weighted by molar-refractivity contribution is 5.71. The molecule has 0 radical (unpaired) electrons. The molecule has 8 nitrogen and oxygen atoms in total. The molecule has 1 amide bonds. The molecule has 0 bridgehead atoms. The minimum atomic E-state index is -0.605. The molecule has 0 aliphatic carbocycles. The van der Waals surface area contributed by atoms with E-state index in [0.717, 1.165) is 23.5 Å². The summed E-state index contributed by atoms with van der Waals surface area (Å²) in [5.41, 5.74) is 1.33. The average Bonchev–Trinajstić information content (AvgIpc) is 3.21. The lowest BCUT2D eigenvalue weighted by Gasteiger charge is -2.34. The predicted octanol–water partition coefficient (Wildman–Crippen LogP) is 3.15. The number of anilines is 1. The van der Waals surface area contributed by atoms with E-state index in [4.69, 9.17) is 14.2 Å². The van der Waals surface area contributed by atoms with E-state index < -0.39 is 11.7 Å². The number of aryl methyl sites for hydroxylation is 1. The Morgan fingerprint density at radius 1 is 1.25 bits per heavy atom. The zero-order valence-electron chi connectivity index (χ0n) is 17.4.